The average molecular weight is 383 g/mol. The molecule has 2 heterocycles. The Labute approximate surface area is 154 Å². The molecular formula is C19H20F3NO2S. The number of aliphatic carboxylic acids is 1. The number of nitrogens with zero attached hydrogens (tertiary/aromatic N) is 1. The van der Waals surface area contributed by atoms with Gasteiger partial charge in [-0.1, -0.05) is 24.6 Å². The molecule has 0 spiro atoms. The van der Waals surface area contributed by atoms with E-state index in [4.69, 9.17) is 0 Å². The Kier molecular flexibility index (Phi) is 5.39. The highest BCUT2D eigenvalue weighted by Gasteiger charge is 2.41. The smallest absolute Gasteiger partial charge is 0.416 e. The Hall–Kier alpha value is -1.86. The third-order valence-corrected chi connectivity index (χ3v) is 5.81. The minimum absolute atomic E-state index is 0.120. The molecule has 2 unspecified atom stereocenters. The molecule has 140 valence electrons. The van der Waals surface area contributed by atoms with Crippen LogP contribution < -0.4 is 0 Å². The second kappa shape index (κ2) is 7.40. The van der Waals surface area contributed by atoms with Crippen molar-refractivity contribution >= 4 is 17.3 Å². The summed E-state index contributed by atoms with van der Waals surface area (Å²) in [5.41, 5.74) is -0.583. The first-order valence-corrected chi connectivity index (χ1v) is 9.31. The van der Waals surface area contributed by atoms with E-state index in [1.54, 1.807) is 11.0 Å². The number of carboxylic acids is 1. The van der Waals surface area contributed by atoms with Crippen molar-refractivity contribution in [1.29, 1.82) is 0 Å². The second-order valence-electron chi connectivity index (χ2n) is 6.52. The van der Waals surface area contributed by atoms with Crippen LogP contribution in [0, 0.1) is 6.92 Å². The number of hydrogen-bond donors (Lipinski definition) is 1. The van der Waals surface area contributed by atoms with Crippen LogP contribution in [0.25, 0.3) is 0 Å². The van der Waals surface area contributed by atoms with Gasteiger partial charge in [-0.15, -0.1) is 11.3 Å². The highest BCUT2D eigenvalue weighted by atomic mass is 32.1. The minimum Gasteiger partial charge on any atom is -0.480 e. The lowest BCUT2D eigenvalue weighted by Crippen LogP contribution is -2.47. The van der Waals surface area contributed by atoms with E-state index in [1.807, 2.05) is 19.1 Å². The van der Waals surface area contributed by atoms with Crippen LogP contribution in [0.2, 0.25) is 0 Å². The molecule has 2 atom stereocenters. The van der Waals surface area contributed by atoms with Crippen molar-refractivity contribution in [3.05, 3.63) is 57.3 Å². The molecule has 3 rings (SSSR count). The Bertz CT molecular complexity index is 787. The van der Waals surface area contributed by atoms with Gasteiger partial charge in [0, 0.05) is 9.75 Å². The average Bonchev–Trinajstić information content (AvgIpc) is 3.01. The zero-order valence-electron chi connectivity index (χ0n) is 14.3. The molecular weight excluding hydrogens is 363 g/mol. The van der Waals surface area contributed by atoms with Gasteiger partial charge < -0.3 is 5.11 Å². The molecule has 2 aromatic rings. The zero-order chi connectivity index (χ0) is 18.9. The molecule has 0 radical (unpaired) electrons. The van der Waals surface area contributed by atoms with Gasteiger partial charge in [-0.25, -0.2) is 0 Å². The molecule has 0 saturated carbocycles. The summed E-state index contributed by atoms with van der Waals surface area (Å²) in [7, 11) is 0. The molecule has 1 fully saturated rings. The van der Waals surface area contributed by atoms with E-state index in [1.165, 1.54) is 23.5 Å². The maximum atomic E-state index is 13.6. The predicted octanol–water partition coefficient (Wildman–Crippen LogP) is 5.10. The lowest BCUT2D eigenvalue weighted by atomic mass is 9.92. The lowest BCUT2D eigenvalue weighted by molar-refractivity contribution is -0.145. The summed E-state index contributed by atoms with van der Waals surface area (Å²) in [6, 6.07) is 7.67. The number of halogens is 3. The van der Waals surface area contributed by atoms with Gasteiger partial charge in [0.1, 0.15) is 6.04 Å². The van der Waals surface area contributed by atoms with Crippen LogP contribution in [-0.2, 0) is 11.0 Å². The highest BCUT2D eigenvalue weighted by Crippen LogP contribution is 2.42. The van der Waals surface area contributed by atoms with Crippen LogP contribution in [0.15, 0.2) is 36.4 Å². The van der Waals surface area contributed by atoms with E-state index < -0.39 is 29.8 Å². The van der Waals surface area contributed by atoms with Crippen molar-refractivity contribution in [2.24, 2.45) is 0 Å². The van der Waals surface area contributed by atoms with E-state index in [9.17, 15) is 23.1 Å². The molecule has 7 heteroatoms. The SMILES string of the molecule is Cc1ccc(C(c2ccccc2C(F)(F)F)N2CCCCC2C(=O)O)s1. The monoisotopic (exact) mass is 383 g/mol. The Morgan fingerprint density at radius 2 is 1.96 bits per heavy atom. The Morgan fingerprint density at radius 1 is 1.23 bits per heavy atom. The van der Waals surface area contributed by atoms with E-state index in [0.29, 0.717) is 13.0 Å². The normalized spacial score (nSPS) is 20.1. The van der Waals surface area contributed by atoms with Gasteiger partial charge in [0.2, 0.25) is 0 Å². The van der Waals surface area contributed by atoms with Crippen molar-refractivity contribution in [1.82, 2.24) is 4.90 Å². The van der Waals surface area contributed by atoms with Crippen molar-refractivity contribution in [2.45, 2.75) is 44.4 Å². The molecule has 1 aromatic heterocycles. The van der Waals surface area contributed by atoms with Gasteiger partial charge in [-0.3, -0.25) is 9.69 Å². The summed E-state index contributed by atoms with van der Waals surface area (Å²) < 4.78 is 40.9. The van der Waals surface area contributed by atoms with Crippen LogP contribution in [0.5, 0.6) is 0 Å². The summed E-state index contributed by atoms with van der Waals surface area (Å²) >= 11 is 1.42. The summed E-state index contributed by atoms with van der Waals surface area (Å²) in [4.78, 5) is 15.2. The number of piperidine rings is 1. The van der Waals surface area contributed by atoms with Gasteiger partial charge in [-0.2, -0.15) is 13.2 Å². The quantitative estimate of drug-likeness (QED) is 0.798. The van der Waals surface area contributed by atoms with Crippen LogP contribution >= 0.6 is 11.3 Å². The third-order valence-electron chi connectivity index (χ3n) is 4.75. The molecule has 1 aliphatic heterocycles. The number of benzene rings is 1. The molecule has 0 amide bonds. The fourth-order valence-electron chi connectivity index (χ4n) is 3.62. The lowest BCUT2D eigenvalue weighted by Gasteiger charge is -2.39. The van der Waals surface area contributed by atoms with Crippen molar-refractivity contribution < 1.29 is 23.1 Å². The van der Waals surface area contributed by atoms with Crippen LogP contribution in [0.4, 0.5) is 13.2 Å². The fourth-order valence-corrected chi connectivity index (χ4v) is 4.64. The maximum absolute atomic E-state index is 13.6. The molecule has 26 heavy (non-hydrogen) atoms. The third kappa shape index (κ3) is 3.78. The first-order valence-electron chi connectivity index (χ1n) is 8.50. The van der Waals surface area contributed by atoms with E-state index in [0.717, 1.165) is 28.7 Å². The van der Waals surface area contributed by atoms with Gasteiger partial charge >= 0.3 is 12.1 Å². The number of likely N-dealkylation sites (tertiary alicyclic amines) is 1. The predicted molar refractivity (Wildman–Crippen MR) is 94.3 cm³/mol. The highest BCUT2D eigenvalue weighted by molar-refractivity contribution is 7.12. The number of aryl methyl sites for hydroxylation is 1. The van der Waals surface area contributed by atoms with Crippen molar-refractivity contribution in [3.8, 4) is 0 Å². The number of rotatable bonds is 4. The minimum atomic E-state index is -4.49. The summed E-state index contributed by atoms with van der Waals surface area (Å²) in [5.74, 6) is -0.979. The van der Waals surface area contributed by atoms with Crippen LogP contribution in [-0.4, -0.2) is 28.6 Å². The van der Waals surface area contributed by atoms with Crippen LogP contribution in [0.3, 0.4) is 0 Å². The number of alkyl halides is 3. The molecule has 0 bridgehead atoms. The number of carbonyl (C=O) groups is 1. The molecule has 1 aliphatic rings. The number of carboxylic acid groups (broad SMARTS) is 1. The molecule has 1 N–H and O–H groups in total. The summed E-state index contributed by atoms with van der Waals surface area (Å²) in [5, 5.41) is 9.63. The summed E-state index contributed by atoms with van der Waals surface area (Å²) in [6.45, 7) is 2.36. The first-order chi connectivity index (χ1) is 12.3. The first kappa shape index (κ1) is 18.9. The van der Waals surface area contributed by atoms with Gasteiger partial charge in [-0.05, 0) is 50.1 Å². The largest absolute Gasteiger partial charge is 0.480 e. The molecule has 0 aliphatic carbocycles. The van der Waals surface area contributed by atoms with Gasteiger partial charge in [0.25, 0.3) is 0 Å². The van der Waals surface area contributed by atoms with E-state index in [2.05, 4.69) is 0 Å². The van der Waals surface area contributed by atoms with E-state index >= 15 is 0 Å². The second-order valence-corrected chi connectivity index (χ2v) is 7.84. The van der Waals surface area contributed by atoms with E-state index in [-0.39, 0.29) is 5.56 Å². The van der Waals surface area contributed by atoms with Crippen LogP contribution in [0.1, 0.15) is 46.2 Å². The van der Waals surface area contributed by atoms with Crippen molar-refractivity contribution in [3.63, 3.8) is 0 Å². The fraction of sp³-hybridized carbons (Fsp3) is 0.421. The topological polar surface area (TPSA) is 40.5 Å². The Balaban J connectivity index is 2.16. The van der Waals surface area contributed by atoms with Crippen molar-refractivity contribution in [2.75, 3.05) is 6.54 Å². The number of thiophene rings is 1. The molecule has 3 nitrogen and oxygen atoms in total. The zero-order valence-corrected chi connectivity index (χ0v) is 15.1. The standard InChI is InChI=1S/C19H20F3NO2S/c1-12-9-10-16(26-12)17(23-11-5-4-8-15(23)18(24)25)13-6-2-3-7-14(13)19(20,21)22/h2-3,6-7,9-10,15,17H,4-5,8,11H2,1H3,(H,24,25). The van der Waals surface area contributed by atoms with Gasteiger partial charge in [0.15, 0.2) is 0 Å². The molecule has 1 saturated heterocycles. The molecule has 1 aromatic carbocycles. The Morgan fingerprint density at radius 3 is 2.58 bits per heavy atom. The van der Waals surface area contributed by atoms with Gasteiger partial charge in [0.05, 0.1) is 11.6 Å². The number of hydrogen-bond acceptors (Lipinski definition) is 3. The summed E-state index contributed by atoms with van der Waals surface area (Å²) in [6.07, 6.45) is -2.50. The maximum Gasteiger partial charge on any atom is 0.416 e.